The van der Waals surface area contributed by atoms with Crippen molar-refractivity contribution in [3.8, 4) is 0 Å². The SMILES string of the molecule is CCC/C=C1\Nc2cc(N)ccc2CC1N(C)C1CCCCC1. The minimum Gasteiger partial charge on any atom is -0.399 e. The zero-order valence-electron chi connectivity index (χ0n) is 14.6. The number of unbranched alkanes of at least 4 members (excludes halogenated alkanes) is 1. The molecular formula is C20H31N3. The Hall–Kier alpha value is -1.48. The molecule has 1 aliphatic carbocycles. The Kier molecular flexibility index (Phi) is 5.27. The number of nitrogens with zero attached hydrogens (tertiary/aromatic N) is 1. The average Bonchev–Trinajstić information content (AvgIpc) is 2.59. The molecule has 1 heterocycles. The molecule has 1 unspecified atom stereocenters. The zero-order chi connectivity index (χ0) is 16.2. The van der Waals surface area contributed by atoms with Gasteiger partial charge in [-0.25, -0.2) is 0 Å². The number of hydrogen-bond donors (Lipinski definition) is 2. The highest BCUT2D eigenvalue weighted by Gasteiger charge is 2.30. The molecule has 1 fully saturated rings. The minimum absolute atomic E-state index is 0.473. The number of rotatable bonds is 4. The molecule has 0 aromatic heterocycles. The summed E-state index contributed by atoms with van der Waals surface area (Å²) >= 11 is 0. The number of fused-ring (bicyclic) bond motifs is 1. The fourth-order valence-electron chi connectivity index (χ4n) is 4.04. The van der Waals surface area contributed by atoms with Gasteiger partial charge in [-0.15, -0.1) is 0 Å². The second kappa shape index (κ2) is 7.39. The van der Waals surface area contributed by atoms with Crippen molar-refractivity contribution < 1.29 is 0 Å². The van der Waals surface area contributed by atoms with E-state index in [-0.39, 0.29) is 0 Å². The molecule has 0 amide bonds. The summed E-state index contributed by atoms with van der Waals surface area (Å²) in [5.41, 5.74) is 10.8. The van der Waals surface area contributed by atoms with Gasteiger partial charge in [0.15, 0.2) is 0 Å². The molecule has 0 radical (unpaired) electrons. The van der Waals surface area contributed by atoms with Gasteiger partial charge in [0.2, 0.25) is 0 Å². The number of benzene rings is 1. The van der Waals surface area contributed by atoms with E-state index in [9.17, 15) is 0 Å². The highest BCUT2D eigenvalue weighted by molar-refractivity contribution is 5.65. The number of allylic oxidation sites excluding steroid dienone is 1. The molecule has 1 saturated carbocycles. The maximum atomic E-state index is 5.97. The molecule has 3 rings (SSSR count). The van der Waals surface area contributed by atoms with E-state index in [0.717, 1.165) is 24.6 Å². The van der Waals surface area contributed by atoms with Crippen molar-refractivity contribution in [2.45, 2.75) is 70.4 Å². The highest BCUT2D eigenvalue weighted by Crippen LogP contribution is 2.33. The second-order valence-corrected chi connectivity index (χ2v) is 7.17. The van der Waals surface area contributed by atoms with Crippen LogP contribution in [0.3, 0.4) is 0 Å². The lowest BCUT2D eigenvalue weighted by atomic mass is 9.89. The maximum absolute atomic E-state index is 5.97. The van der Waals surface area contributed by atoms with Gasteiger partial charge in [0.1, 0.15) is 0 Å². The van der Waals surface area contributed by atoms with Crippen LogP contribution in [0.5, 0.6) is 0 Å². The summed E-state index contributed by atoms with van der Waals surface area (Å²) in [5.74, 6) is 0. The van der Waals surface area contributed by atoms with Gasteiger partial charge in [0.05, 0.1) is 6.04 Å². The van der Waals surface area contributed by atoms with Crippen LogP contribution in [0.15, 0.2) is 30.0 Å². The van der Waals surface area contributed by atoms with Gasteiger partial charge >= 0.3 is 0 Å². The van der Waals surface area contributed by atoms with Crippen LogP contribution in [-0.4, -0.2) is 24.0 Å². The van der Waals surface area contributed by atoms with Crippen LogP contribution < -0.4 is 11.1 Å². The summed E-state index contributed by atoms with van der Waals surface area (Å²) in [6.07, 6.45) is 12.7. The summed E-state index contributed by atoms with van der Waals surface area (Å²) in [5, 5.41) is 3.68. The third-order valence-electron chi connectivity index (χ3n) is 5.48. The number of nitrogens with one attached hydrogen (secondary N) is 1. The van der Waals surface area contributed by atoms with E-state index in [1.165, 1.54) is 55.5 Å². The van der Waals surface area contributed by atoms with E-state index in [2.05, 4.69) is 42.4 Å². The number of anilines is 2. The van der Waals surface area contributed by atoms with Crippen molar-refractivity contribution in [2.24, 2.45) is 0 Å². The van der Waals surface area contributed by atoms with Crippen LogP contribution in [0, 0.1) is 0 Å². The Balaban J connectivity index is 1.84. The van der Waals surface area contributed by atoms with Crippen molar-refractivity contribution in [1.29, 1.82) is 0 Å². The smallest absolute Gasteiger partial charge is 0.0536 e. The number of likely N-dealkylation sites (N-methyl/N-ethyl adjacent to an activating group) is 1. The monoisotopic (exact) mass is 313 g/mol. The quantitative estimate of drug-likeness (QED) is 0.801. The summed E-state index contributed by atoms with van der Waals surface area (Å²) < 4.78 is 0. The molecular weight excluding hydrogens is 282 g/mol. The van der Waals surface area contributed by atoms with E-state index >= 15 is 0 Å². The van der Waals surface area contributed by atoms with Gasteiger partial charge in [-0.3, -0.25) is 4.90 Å². The Morgan fingerprint density at radius 3 is 2.78 bits per heavy atom. The first-order chi connectivity index (χ1) is 11.2. The normalized spacial score (nSPS) is 23.8. The molecule has 0 saturated heterocycles. The van der Waals surface area contributed by atoms with E-state index < -0.39 is 0 Å². The van der Waals surface area contributed by atoms with Crippen molar-refractivity contribution in [3.63, 3.8) is 0 Å². The molecule has 126 valence electrons. The lowest BCUT2D eigenvalue weighted by Gasteiger charge is -2.41. The third-order valence-corrected chi connectivity index (χ3v) is 5.48. The van der Waals surface area contributed by atoms with Gasteiger partial charge in [-0.2, -0.15) is 0 Å². The van der Waals surface area contributed by atoms with Gasteiger partial charge < -0.3 is 11.1 Å². The summed E-state index contributed by atoms with van der Waals surface area (Å²) in [4.78, 5) is 2.63. The van der Waals surface area contributed by atoms with Crippen molar-refractivity contribution in [1.82, 2.24) is 4.90 Å². The highest BCUT2D eigenvalue weighted by atomic mass is 15.2. The van der Waals surface area contributed by atoms with Crippen molar-refractivity contribution in [2.75, 3.05) is 18.1 Å². The average molecular weight is 313 g/mol. The molecule has 2 aliphatic rings. The standard InChI is InChI=1S/C20H31N3/c1-3-4-10-18-20(23(2)17-8-6-5-7-9-17)13-15-11-12-16(21)14-19(15)22-18/h10-12,14,17,20,22H,3-9,13,21H2,1-2H3/b18-10-. The second-order valence-electron chi connectivity index (χ2n) is 7.17. The Labute approximate surface area is 140 Å². The largest absolute Gasteiger partial charge is 0.399 e. The van der Waals surface area contributed by atoms with Gasteiger partial charge in [0, 0.05) is 23.1 Å². The molecule has 3 heteroatoms. The maximum Gasteiger partial charge on any atom is 0.0536 e. The molecule has 1 aliphatic heterocycles. The number of nitrogen functional groups attached to an aromatic ring is 1. The van der Waals surface area contributed by atoms with E-state index in [1.54, 1.807) is 0 Å². The van der Waals surface area contributed by atoms with Gasteiger partial charge in [-0.1, -0.05) is 44.7 Å². The van der Waals surface area contributed by atoms with Gasteiger partial charge in [-0.05, 0) is 50.4 Å². The summed E-state index contributed by atoms with van der Waals surface area (Å²) in [6, 6.07) is 7.50. The fraction of sp³-hybridized carbons (Fsp3) is 0.600. The summed E-state index contributed by atoms with van der Waals surface area (Å²) in [7, 11) is 2.32. The first-order valence-corrected chi connectivity index (χ1v) is 9.26. The van der Waals surface area contributed by atoms with Crippen LogP contribution in [0.25, 0.3) is 0 Å². The molecule has 3 nitrogen and oxygen atoms in total. The van der Waals surface area contributed by atoms with Crippen molar-refractivity contribution >= 4 is 11.4 Å². The van der Waals surface area contributed by atoms with Crippen molar-refractivity contribution in [3.05, 3.63) is 35.5 Å². The van der Waals surface area contributed by atoms with Crippen LogP contribution >= 0.6 is 0 Å². The predicted octanol–water partition coefficient (Wildman–Crippen LogP) is 4.55. The van der Waals surface area contributed by atoms with E-state index in [1.807, 2.05) is 6.07 Å². The molecule has 1 aromatic rings. The molecule has 1 atom stereocenters. The van der Waals surface area contributed by atoms with Crippen LogP contribution in [0.1, 0.15) is 57.4 Å². The van der Waals surface area contributed by atoms with E-state index in [0.29, 0.717) is 6.04 Å². The fourth-order valence-corrected chi connectivity index (χ4v) is 4.04. The zero-order valence-corrected chi connectivity index (χ0v) is 14.6. The Bertz CT molecular complexity index is 558. The molecule has 0 bridgehead atoms. The lowest BCUT2D eigenvalue weighted by molar-refractivity contribution is 0.153. The topological polar surface area (TPSA) is 41.3 Å². The van der Waals surface area contributed by atoms with Crippen LogP contribution in [0.2, 0.25) is 0 Å². The van der Waals surface area contributed by atoms with Crippen LogP contribution in [-0.2, 0) is 6.42 Å². The van der Waals surface area contributed by atoms with E-state index in [4.69, 9.17) is 5.73 Å². The van der Waals surface area contributed by atoms with Gasteiger partial charge in [0.25, 0.3) is 0 Å². The lowest BCUT2D eigenvalue weighted by Crippen LogP contribution is -2.46. The third kappa shape index (κ3) is 3.72. The molecule has 0 spiro atoms. The predicted molar refractivity (Wildman–Crippen MR) is 99.6 cm³/mol. The molecule has 3 N–H and O–H groups in total. The molecule has 23 heavy (non-hydrogen) atoms. The summed E-state index contributed by atoms with van der Waals surface area (Å²) in [6.45, 7) is 2.24. The number of hydrogen-bond acceptors (Lipinski definition) is 3. The molecule has 1 aromatic carbocycles. The number of nitrogens with two attached hydrogens (primary N) is 1. The minimum atomic E-state index is 0.473. The first-order valence-electron chi connectivity index (χ1n) is 9.26. The Morgan fingerprint density at radius 1 is 1.26 bits per heavy atom. The van der Waals surface area contributed by atoms with Crippen LogP contribution in [0.4, 0.5) is 11.4 Å². The first kappa shape index (κ1) is 16.4. The Morgan fingerprint density at radius 2 is 2.04 bits per heavy atom.